The number of carbonyl (C=O) groups is 2. The largest absolute Gasteiger partial charge is 0.478 e. The molecule has 5 rings (SSSR count). The highest BCUT2D eigenvalue weighted by atomic mass is 32.2. The molecule has 1 heterocycles. The van der Waals surface area contributed by atoms with Crippen molar-refractivity contribution in [3.05, 3.63) is 138 Å². The molecule has 0 aromatic heterocycles. The van der Waals surface area contributed by atoms with Crippen molar-refractivity contribution < 1.29 is 34.0 Å². The molecule has 1 aliphatic heterocycles. The molecule has 1 aliphatic rings. The Morgan fingerprint density at radius 3 is 2.33 bits per heavy atom. The van der Waals surface area contributed by atoms with Crippen LogP contribution in [0.15, 0.2) is 115 Å². The summed E-state index contributed by atoms with van der Waals surface area (Å²) in [6.45, 7) is 4.00. The number of aliphatic hydroxyl groups is 1. The van der Waals surface area contributed by atoms with Gasteiger partial charge >= 0.3 is 12.1 Å². The zero-order valence-electron chi connectivity index (χ0n) is 24.6. The normalized spacial score (nSPS) is 17.8. The second-order valence-corrected chi connectivity index (χ2v) is 11.6. The molecule has 9 heteroatoms. The van der Waals surface area contributed by atoms with Crippen LogP contribution in [0.3, 0.4) is 0 Å². The van der Waals surface area contributed by atoms with Gasteiger partial charge in [0, 0.05) is 29.2 Å². The lowest BCUT2D eigenvalue weighted by atomic mass is 9.98. The number of benzene rings is 4. The molecule has 1 fully saturated rings. The summed E-state index contributed by atoms with van der Waals surface area (Å²) in [5, 5.41) is 21.5. The zero-order valence-corrected chi connectivity index (χ0v) is 25.5. The summed E-state index contributed by atoms with van der Waals surface area (Å²) in [5.41, 5.74) is 5.89. The van der Waals surface area contributed by atoms with E-state index in [4.69, 9.17) is 14.2 Å². The zero-order chi connectivity index (χ0) is 31.6. The Bertz CT molecular complexity index is 1590. The molecule has 0 saturated carbocycles. The summed E-state index contributed by atoms with van der Waals surface area (Å²) in [7, 11) is 0. The molecule has 0 radical (unpaired) electrons. The van der Waals surface area contributed by atoms with Gasteiger partial charge in [-0.15, -0.1) is 11.8 Å². The monoisotopic (exact) mass is 625 g/mol. The van der Waals surface area contributed by atoms with Gasteiger partial charge in [-0.25, -0.2) is 9.59 Å². The summed E-state index contributed by atoms with van der Waals surface area (Å²) >= 11 is 1.61. The van der Waals surface area contributed by atoms with E-state index in [1.165, 1.54) is 6.08 Å². The molecule has 0 aliphatic carbocycles. The highest BCUT2D eigenvalue weighted by Crippen LogP contribution is 2.40. The molecule has 232 valence electrons. The van der Waals surface area contributed by atoms with Crippen LogP contribution in [0, 0.1) is 0 Å². The number of nitrogens with one attached hydrogen (secondary N) is 1. The first-order valence-electron chi connectivity index (χ1n) is 14.6. The second-order valence-electron chi connectivity index (χ2n) is 10.5. The van der Waals surface area contributed by atoms with Crippen molar-refractivity contribution in [1.82, 2.24) is 5.32 Å². The van der Waals surface area contributed by atoms with Crippen LogP contribution in [0.5, 0.6) is 0 Å². The van der Waals surface area contributed by atoms with Crippen LogP contribution in [0.1, 0.15) is 51.4 Å². The number of thioether (sulfide) groups is 1. The molecule has 8 nitrogen and oxygen atoms in total. The Labute approximate surface area is 266 Å². The Hall–Kier alpha value is -4.41. The van der Waals surface area contributed by atoms with Gasteiger partial charge in [0.05, 0.1) is 24.4 Å². The van der Waals surface area contributed by atoms with Crippen molar-refractivity contribution in [2.45, 2.75) is 43.0 Å². The van der Waals surface area contributed by atoms with Crippen LogP contribution in [0.25, 0.3) is 11.1 Å². The van der Waals surface area contributed by atoms with Crippen LogP contribution in [0.2, 0.25) is 0 Å². The van der Waals surface area contributed by atoms with Gasteiger partial charge in [-0.1, -0.05) is 85.5 Å². The quantitative estimate of drug-likeness (QED) is 0.111. The van der Waals surface area contributed by atoms with Gasteiger partial charge < -0.3 is 29.7 Å². The second kappa shape index (κ2) is 15.5. The molecule has 0 bridgehead atoms. The maximum absolute atomic E-state index is 12.0. The van der Waals surface area contributed by atoms with Crippen LogP contribution >= 0.6 is 11.8 Å². The van der Waals surface area contributed by atoms with E-state index in [0.717, 1.165) is 38.3 Å². The first-order chi connectivity index (χ1) is 21.9. The van der Waals surface area contributed by atoms with E-state index < -0.39 is 18.4 Å². The number of aromatic carboxylic acids is 1. The van der Waals surface area contributed by atoms with Gasteiger partial charge in [-0.2, -0.15) is 0 Å². The fourth-order valence-corrected chi connectivity index (χ4v) is 5.96. The summed E-state index contributed by atoms with van der Waals surface area (Å²) in [6, 6.07) is 30.5. The van der Waals surface area contributed by atoms with E-state index in [0.29, 0.717) is 18.7 Å². The lowest BCUT2D eigenvalue weighted by Crippen LogP contribution is -2.31. The number of carboxylic acid groups (broad SMARTS) is 1. The summed E-state index contributed by atoms with van der Waals surface area (Å²) in [4.78, 5) is 24.1. The minimum atomic E-state index is -0.952. The van der Waals surface area contributed by atoms with Crippen molar-refractivity contribution in [2.75, 3.05) is 12.4 Å². The molecule has 3 N–H and O–H groups in total. The number of carboxylic acids is 1. The van der Waals surface area contributed by atoms with Gasteiger partial charge in [-0.3, -0.25) is 0 Å². The summed E-state index contributed by atoms with van der Waals surface area (Å²) in [6.07, 6.45) is 0.700. The van der Waals surface area contributed by atoms with Gasteiger partial charge in [0.1, 0.15) is 6.61 Å². The van der Waals surface area contributed by atoms with E-state index in [1.54, 1.807) is 23.9 Å². The third-order valence-corrected chi connectivity index (χ3v) is 8.56. The molecule has 4 aromatic carbocycles. The summed E-state index contributed by atoms with van der Waals surface area (Å²) < 4.78 is 18.0. The van der Waals surface area contributed by atoms with Crippen molar-refractivity contribution in [3.8, 4) is 11.1 Å². The smallest absolute Gasteiger partial charge is 0.407 e. The molecule has 3 unspecified atom stereocenters. The SMILES string of the molecule is C=CCOC(=O)NCc1ccccc1-c1ccc(C2OC(CSc3ccc(C(=O)O)cc3)CC(c3ccc(CO)cc3)O2)cc1. The highest BCUT2D eigenvalue weighted by Gasteiger charge is 2.32. The van der Waals surface area contributed by atoms with Crippen molar-refractivity contribution >= 4 is 23.8 Å². The number of carbonyl (C=O) groups excluding carboxylic acids is 1. The topological polar surface area (TPSA) is 114 Å². The first kappa shape index (κ1) is 32.0. The number of ether oxygens (including phenoxy) is 3. The predicted molar refractivity (Wildman–Crippen MR) is 173 cm³/mol. The van der Waals surface area contributed by atoms with Crippen LogP contribution in [-0.4, -0.2) is 40.7 Å². The lowest BCUT2D eigenvalue weighted by Gasteiger charge is -2.36. The minimum Gasteiger partial charge on any atom is -0.478 e. The molecule has 4 aromatic rings. The maximum atomic E-state index is 12.0. The number of amides is 1. The van der Waals surface area contributed by atoms with Gasteiger partial charge in [0.2, 0.25) is 0 Å². The molecule has 3 atom stereocenters. The van der Waals surface area contributed by atoms with Gasteiger partial charge in [-0.05, 0) is 52.1 Å². The number of hydrogen-bond donors (Lipinski definition) is 3. The average Bonchev–Trinajstić information content (AvgIpc) is 3.09. The molecule has 45 heavy (non-hydrogen) atoms. The Kier molecular flexibility index (Phi) is 11.1. The Morgan fingerprint density at radius 1 is 0.933 bits per heavy atom. The van der Waals surface area contributed by atoms with E-state index in [1.807, 2.05) is 84.9 Å². The third-order valence-electron chi connectivity index (χ3n) is 7.42. The highest BCUT2D eigenvalue weighted by molar-refractivity contribution is 7.99. The van der Waals surface area contributed by atoms with Crippen molar-refractivity contribution in [2.24, 2.45) is 0 Å². The van der Waals surface area contributed by atoms with Crippen LogP contribution < -0.4 is 5.32 Å². The van der Waals surface area contributed by atoms with Gasteiger partial charge in [0.25, 0.3) is 0 Å². The molecular formula is C36H35NO7S. The number of alkyl carbamates (subject to hydrolysis) is 1. The Balaban J connectivity index is 1.32. The minimum absolute atomic E-state index is 0.0254. The van der Waals surface area contributed by atoms with E-state index in [-0.39, 0.29) is 31.0 Å². The molecule has 1 saturated heterocycles. The third kappa shape index (κ3) is 8.61. The number of rotatable bonds is 12. The van der Waals surface area contributed by atoms with E-state index >= 15 is 0 Å². The fourth-order valence-electron chi connectivity index (χ4n) is 5.03. The van der Waals surface area contributed by atoms with Crippen LogP contribution in [-0.2, 0) is 27.4 Å². The van der Waals surface area contributed by atoms with Crippen molar-refractivity contribution in [1.29, 1.82) is 0 Å². The number of aliphatic hydroxyl groups excluding tert-OH is 1. The fraction of sp³-hybridized carbons (Fsp3) is 0.222. The maximum Gasteiger partial charge on any atom is 0.407 e. The number of hydrogen-bond acceptors (Lipinski definition) is 7. The van der Waals surface area contributed by atoms with E-state index in [9.17, 15) is 19.8 Å². The predicted octanol–water partition coefficient (Wildman–Crippen LogP) is 7.29. The van der Waals surface area contributed by atoms with Gasteiger partial charge in [0.15, 0.2) is 6.29 Å². The molecular weight excluding hydrogens is 590 g/mol. The lowest BCUT2D eigenvalue weighted by molar-refractivity contribution is -0.245. The average molecular weight is 626 g/mol. The van der Waals surface area contributed by atoms with Crippen LogP contribution in [0.4, 0.5) is 4.79 Å². The summed E-state index contributed by atoms with van der Waals surface area (Å²) in [5.74, 6) is -0.294. The van der Waals surface area contributed by atoms with E-state index in [2.05, 4.69) is 11.9 Å². The molecule has 1 amide bonds. The molecule has 0 spiro atoms. The first-order valence-corrected chi connectivity index (χ1v) is 15.6. The standard InChI is InChI=1S/C36H35NO7S/c1-2-19-42-36(41)37-21-29-5-3-4-6-32(29)25-11-13-28(14-12-25)35-43-30(23-45-31-17-15-27(16-18-31)34(39)40)20-33(44-35)26-9-7-24(22-38)8-10-26/h2-18,30,33,35,38H,1,19-23H2,(H,37,41)(H,39,40). The van der Waals surface area contributed by atoms with Crippen molar-refractivity contribution in [3.63, 3.8) is 0 Å². The Morgan fingerprint density at radius 2 is 1.64 bits per heavy atom.